The summed E-state index contributed by atoms with van der Waals surface area (Å²) < 4.78 is 49.4. The van der Waals surface area contributed by atoms with Crippen molar-refractivity contribution in [2.45, 2.75) is 77.7 Å². The van der Waals surface area contributed by atoms with Crippen LogP contribution in [0.15, 0.2) is 48.1 Å². The summed E-state index contributed by atoms with van der Waals surface area (Å²) in [5, 5.41) is 12.1. The quantitative estimate of drug-likeness (QED) is 0.0487. The number of rotatable bonds is 28. The molecular formula is C53H72ClFN10O10S. The van der Waals surface area contributed by atoms with Gasteiger partial charge in [-0.25, -0.2) is 14.4 Å². The summed E-state index contributed by atoms with van der Waals surface area (Å²) in [5.74, 6) is 0.358. The lowest BCUT2D eigenvalue weighted by molar-refractivity contribution is -0.144. The minimum Gasteiger partial charge on any atom is -0.495 e. The van der Waals surface area contributed by atoms with Crippen LogP contribution in [0.5, 0.6) is 11.5 Å². The number of benzene rings is 2. The number of ether oxygens (including phenoxy) is 6. The molecule has 4 N–H and O–H groups in total. The largest absolute Gasteiger partial charge is 0.495 e. The van der Waals surface area contributed by atoms with Gasteiger partial charge in [0, 0.05) is 64.0 Å². The predicted octanol–water partition coefficient (Wildman–Crippen LogP) is 5.90. The topological polar surface area (TPSA) is 220 Å². The molecule has 1 aliphatic carbocycles. The smallest absolute Gasteiger partial charge is 0.258 e. The summed E-state index contributed by atoms with van der Waals surface area (Å²) in [5.41, 5.74) is 2.90. The minimum absolute atomic E-state index is 0.0622. The summed E-state index contributed by atoms with van der Waals surface area (Å²) in [6, 6.07) is 9.35. The van der Waals surface area contributed by atoms with Crippen molar-refractivity contribution in [2.24, 2.45) is 5.41 Å². The van der Waals surface area contributed by atoms with Gasteiger partial charge in [-0.3, -0.25) is 24.1 Å². The first-order chi connectivity index (χ1) is 36.6. The second-order valence-electron chi connectivity index (χ2n) is 19.8. The van der Waals surface area contributed by atoms with Crippen LogP contribution in [0, 0.1) is 12.3 Å². The van der Waals surface area contributed by atoms with Gasteiger partial charge in [-0.1, -0.05) is 44.5 Å². The molecule has 23 heteroatoms. The molecule has 0 spiro atoms. The van der Waals surface area contributed by atoms with Crippen molar-refractivity contribution in [3.05, 3.63) is 69.9 Å². The molecule has 2 saturated heterocycles. The number of aryl methyl sites for hydroxylation is 1. The van der Waals surface area contributed by atoms with Crippen LogP contribution in [0.25, 0.3) is 10.4 Å². The van der Waals surface area contributed by atoms with E-state index < -0.39 is 35.0 Å². The first-order valence-electron chi connectivity index (χ1n) is 25.8. The average Bonchev–Trinajstić information content (AvgIpc) is 3.74. The number of hydrogen-bond acceptors (Lipinski definition) is 17. The number of amides is 4. The number of nitrogens with one attached hydrogen (secondary N) is 4. The summed E-state index contributed by atoms with van der Waals surface area (Å²) in [4.78, 5) is 73.3. The van der Waals surface area contributed by atoms with E-state index in [0.29, 0.717) is 125 Å². The van der Waals surface area contributed by atoms with E-state index in [1.807, 2.05) is 50.8 Å². The van der Waals surface area contributed by atoms with E-state index in [4.69, 9.17) is 40.0 Å². The van der Waals surface area contributed by atoms with Gasteiger partial charge in [-0.15, -0.1) is 11.3 Å². The molecular weight excluding hydrogens is 1020 g/mol. The lowest BCUT2D eigenvalue weighted by Gasteiger charge is -2.35. The Morgan fingerprint density at radius 3 is 2.20 bits per heavy atom. The van der Waals surface area contributed by atoms with Crippen LogP contribution in [-0.2, 0) is 39.9 Å². The van der Waals surface area contributed by atoms with Gasteiger partial charge in [-0.05, 0) is 67.9 Å². The summed E-state index contributed by atoms with van der Waals surface area (Å²) in [6.45, 7) is 14.9. The lowest BCUT2D eigenvalue weighted by Crippen LogP contribution is -2.58. The first-order valence-corrected chi connectivity index (χ1v) is 27.1. The Morgan fingerprint density at radius 1 is 0.882 bits per heavy atom. The number of carbonyl (C=O) groups excluding carboxylic acids is 4. The Kier molecular flexibility index (Phi) is 21.0. The fourth-order valence-corrected chi connectivity index (χ4v) is 9.73. The van der Waals surface area contributed by atoms with Gasteiger partial charge < -0.3 is 59.5 Å². The average molecular weight is 1100 g/mol. The predicted molar refractivity (Wildman–Crippen MR) is 287 cm³/mol. The zero-order valence-corrected chi connectivity index (χ0v) is 45.9. The molecule has 4 amide bonds. The number of hydrogen-bond donors (Lipinski definition) is 4. The van der Waals surface area contributed by atoms with Gasteiger partial charge in [0.2, 0.25) is 17.8 Å². The first kappa shape index (κ1) is 57.9. The number of thiazole rings is 1. The maximum atomic E-state index is 14.6. The van der Waals surface area contributed by atoms with Gasteiger partial charge in [-0.2, -0.15) is 4.98 Å². The standard InChI is InChI=1S/C53H72ClFN10O10S/c1-35-44(76-34-59-35)36-9-10-38(32-57-47(66)41-8-7-15-65(41)49(68)45(52(2,3)4)61-50(69)53(55)13-14-53)42(30-36)75-29-28-74-27-26-73-25-24-72-23-22-71-21-20-63-16-18-64(19-17-63)48(67)37-11-12-40(43(31-37)70-6)60-51-58-33-39(54)46(56-5)62-51/h9-12,30-31,33-34,41,45H,7-8,13-29,32H2,1-6H3,(H,57,66)(H,61,69)(H2,56,58,60,62)/t41?,45-/m1/s1. The van der Waals surface area contributed by atoms with Gasteiger partial charge in [0.05, 0.1) is 87.9 Å². The number of alkyl halides is 1. The highest BCUT2D eigenvalue weighted by molar-refractivity contribution is 7.13. The fraction of sp³-hybridized carbons (Fsp3) is 0.566. The van der Waals surface area contributed by atoms with Crippen LogP contribution in [0.4, 0.5) is 21.8 Å². The zero-order chi connectivity index (χ0) is 54.2. The van der Waals surface area contributed by atoms with Crippen molar-refractivity contribution >= 4 is 64.0 Å². The SMILES string of the molecule is CNc1nc(Nc2ccc(C(=O)N3CCN(CCOCCOCCOCCOCCOc4cc(-c5scnc5C)ccc4CNC(=O)C4CCCN4C(=O)[C@@H](NC(=O)C4(F)CC4)C(C)(C)C)CC3)cc2OC)ncc1Cl. The molecule has 76 heavy (non-hydrogen) atoms. The Labute approximate surface area is 453 Å². The van der Waals surface area contributed by atoms with Crippen molar-refractivity contribution in [1.82, 2.24) is 40.3 Å². The molecule has 0 bridgehead atoms. The van der Waals surface area contributed by atoms with E-state index in [1.54, 1.807) is 37.9 Å². The molecule has 1 unspecified atom stereocenters. The van der Waals surface area contributed by atoms with E-state index >= 15 is 0 Å². The number of halogens is 2. The van der Waals surface area contributed by atoms with Crippen molar-refractivity contribution in [3.63, 3.8) is 0 Å². The van der Waals surface area contributed by atoms with Gasteiger partial charge in [0.25, 0.3) is 11.8 Å². The fourth-order valence-electron chi connectivity index (χ4n) is 8.74. The third-order valence-electron chi connectivity index (χ3n) is 13.3. The monoisotopic (exact) mass is 1090 g/mol. The zero-order valence-electron chi connectivity index (χ0n) is 44.3. The van der Waals surface area contributed by atoms with Crippen LogP contribution in [0.1, 0.15) is 68.1 Å². The number of carbonyl (C=O) groups is 4. The molecule has 3 fully saturated rings. The molecule has 1 saturated carbocycles. The second kappa shape index (κ2) is 27.5. The number of likely N-dealkylation sites (tertiary alicyclic amines) is 1. The Bertz CT molecular complexity index is 2590. The summed E-state index contributed by atoms with van der Waals surface area (Å²) in [6.07, 6.45) is 2.88. The number of methoxy groups -OCH3 is 1. The molecule has 2 aromatic heterocycles. The van der Waals surface area contributed by atoms with E-state index in [0.717, 1.165) is 41.3 Å². The Hall–Kier alpha value is -5.75. The van der Waals surface area contributed by atoms with Crippen molar-refractivity contribution < 1.29 is 52.0 Å². The maximum absolute atomic E-state index is 14.6. The van der Waals surface area contributed by atoms with Crippen molar-refractivity contribution in [1.29, 1.82) is 0 Å². The molecule has 3 aliphatic rings. The number of aromatic nitrogens is 3. The number of anilines is 3. The molecule has 20 nitrogen and oxygen atoms in total. The molecule has 2 aromatic carbocycles. The van der Waals surface area contributed by atoms with E-state index in [9.17, 15) is 23.6 Å². The van der Waals surface area contributed by atoms with Crippen LogP contribution in [0.2, 0.25) is 5.02 Å². The minimum atomic E-state index is -1.92. The van der Waals surface area contributed by atoms with Gasteiger partial charge in [0.1, 0.15) is 41.0 Å². The van der Waals surface area contributed by atoms with E-state index in [-0.39, 0.29) is 37.8 Å². The van der Waals surface area contributed by atoms with Crippen LogP contribution < -0.4 is 30.7 Å². The molecule has 414 valence electrons. The van der Waals surface area contributed by atoms with E-state index in [2.05, 4.69) is 41.1 Å². The highest BCUT2D eigenvalue weighted by atomic mass is 35.5. The number of nitrogens with zero attached hydrogens (tertiary/aromatic N) is 6. The molecule has 2 aliphatic heterocycles. The van der Waals surface area contributed by atoms with Crippen molar-refractivity contribution in [3.8, 4) is 21.9 Å². The summed E-state index contributed by atoms with van der Waals surface area (Å²) >= 11 is 7.64. The highest BCUT2D eigenvalue weighted by Crippen LogP contribution is 2.41. The molecule has 7 rings (SSSR count). The van der Waals surface area contributed by atoms with Crippen molar-refractivity contribution in [2.75, 3.05) is 124 Å². The Balaban J connectivity index is 0.741. The van der Waals surface area contributed by atoms with Gasteiger partial charge in [0.15, 0.2) is 5.67 Å². The van der Waals surface area contributed by atoms with Crippen LogP contribution >= 0.6 is 22.9 Å². The molecule has 2 atom stereocenters. The molecule has 4 aromatic rings. The Morgan fingerprint density at radius 2 is 1.57 bits per heavy atom. The van der Waals surface area contributed by atoms with E-state index in [1.165, 1.54) is 22.4 Å². The van der Waals surface area contributed by atoms with Crippen LogP contribution in [0.3, 0.4) is 0 Å². The summed E-state index contributed by atoms with van der Waals surface area (Å²) in [7, 11) is 3.27. The number of piperazine rings is 1. The maximum Gasteiger partial charge on any atom is 0.258 e. The normalized spacial score (nSPS) is 16.8. The third kappa shape index (κ3) is 15.9. The van der Waals surface area contributed by atoms with Gasteiger partial charge >= 0.3 is 0 Å². The van der Waals surface area contributed by atoms with Crippen LogP contribution in [-0.4, -0.2) is 184 Å². The lowest BCUT2D eigenvalue weighted by atomic mass is 9.85. The highest BCUT2D eigenvalue weighted by Gasteiger charge is 2.53. The second-order valence-corrected chi connectivity index (χ2v) is 21.1. The molecule has 0 radical (unpaired) electrons. The third-order valence-corrected chi connectivity index (χ3v) is 14.6. The molecule has 4 heterocycles.